The number of aromatic nitrogens is 3. The topological polar surface area (TPSA) is 85.0 Å². The third-order valence-corrected chi connectivity index (χ3v) is 5.43. The molecule has 2 N–H and O–H groups in total. The summed E-state index contributed by atoms with van der Waals surface area (Å²) in [6.45, 7) is 2.51. The molecule has 1 aromatic carbocycles. The zero-order valence-corrected chi connectivity index (χ0v) is 16.4. The fourth-order valence-corrected chi connectivity index (χ4v) is 3.93. The first-order valence-electron chi connectivity index (χ1n) is 9.96. The molecule has 150 valence electrons. The van der Waals surface area contributed by atoms with E-state index in [4.69, 9.17) is 10.7 Å². The number of nitrogens with zero attached hydrogens (tertiary/aromatic N) is 4. The van der Waals surface area contributed by atoms with Crippen LogP contribution in [0.15, 0.2) is 36.4 Å². The lowest BCUT2D eigenvalue weighted by atomic mass is 9.97. The number of amides is 1. The highest BCUT2D eigenvalue weighted by Gasteiger charge is 2.29. The fourth-order valence-electron chi connectivity index (χ4n) is 3.93. The number of pyridine rings is 1. The predicted molar refractivity (Wildman–Crippen MR) is 110 cm³/mol. The summed E-state index contributed by atoms with van der Waals surface area (Å²) < 4.78 is 13.1. The van der Waals surface area contributed by atoms with Crippen molar-refractivity contribution in [2.45, 2.75) is 45.1 Å². The Morgan fingerprint density at radius 1 is 1.14 bits per heavy atom. The smallest absolute Gasteiger partial charge is 0.223 e. The molecule has 0 bridgehead atoms. The quantitative estimate of drug-likeness (QED) is 0.730. The van der Waals surface area contributed by atoms with Crippen molar-refractivity contribution in [3.05, 3.63) is 59.3 Å². The predicted octanol–water partition coefficient (Wildman–Crippen LogP) is 3.74. The Morgan fingerprint density at radius 3 is 2.72 bits per heavy atom. The van der Waals surface area contributed by atoms with E-state index in [2.05, 4.69) is 9.97 Å². The van der Waals surface area contributed by atoms with Crippen LogP contribution in [-0.2, 0) is 11.2 Å². The highest BCUT2D eigenvalue weighted by atomic mass is 19.1. The Labute approximate surface area is 169 Å². The number of carbonyl (C=O) groups excluding carboxylic acids is 1. The van der Waals surface area contributed by atoms with Gasteiger partial charge in [0.2, 0.25) is 5.91 Å². The van der Waals surface area contributed by atoms with Gasteiger partial charge in [-0.25, -0.2) is 19.3 Å². The van der Waals surface area contributed by atoms with Crippen LogP contribution in [0.1, 0.15) is 48.8 Å². The first-order chi connectivity index (χ1) is 14.0. The summed E-state index contributed by atoms with van der Waals surface area (Å²) in [7, 11) is 0. The lowest BCUT2D eigenvalue weighted by Crippen LogP contribution is -2.39. The van der Waals surface area contributed by atoms with Crippen molar-refractivity contribution < 1.29 is 9.18 Å². The molecule has 3 heterocycles. The van der Waals surface area contributed by atoms with Gasteiger partial charge in [-0.15, -0.1) is 0 Å². The maximum atomic E-state index is 13.1. The zero-order valence-electron chi connectivity index (χ0n) is 16.4. The number of nitrogens with two attached hydrogens (primary N) is 1. The van der Waals surface area contributed by atoms with E-state index in [-0.39, 0.29) is 17.8 Å². The maximum absolute atomic E-state index is 13.1. The number of hydrogen-bond donors (Lipinski definition) is 1. The van der Waals surface area contributed by atoms with E-state index in [1.165, 1.54) is 12.1 Å². The normalized spacial score (nSPS) is 16.9. The van der Waals surface area contributed by atoms with Crippen LogP contribution in [-0.4, -0.2) is 32.3 Å². The minimum atomic E-state index is -0.266. The summed E-state index contributed by atoms with van der Waals surface area (Å²) in [5.41, 5.74) is 8.35. The van der Waals surface area contributed by atoms with Gasteiger partial charge in [-0.3, -0.25) is 4.79 Å². The standard InChI is InChI=1S/C22H24FN5O/c1-14-25-21(24)17-10-11-18(27-22(17)26-14)19-4-2-3-13-28(19)20(29)12-7-15-5-8-16(23)9-6-15/h5-6,8-11,19H,2-4,7,12-13H2,1H3,(H2,24,25,26,27)/t19-/m1/s1. The number of rotatable bonds is 4. The van der Waals surface area contributed by atoms with E-state index in [0.29, 0.717) is 30.1 Å². The van der Waals surface area contributed by atoms with Crippen LogP contribution < -0.4 is 5.73 Å². The van der Waals surface area contributed by atoms with Crippen LogP contribution in [0, 0.1) is 12.7 Å². The SMILES string of the molecule is Cc1nc(N)c2ccc([C@H]3CCCCN3C(=O)CCc3ccc(F)cc3)nc2n1. The molecular weight excluding hydrogens is 369 g/mol. The molecule has 1 atom stereocenters. The average molecular weight is 393 g/mol. The molecule has 0 saturated carbocycles. The summed E-state index contributed by atoms with van der Waals surface area (Å²) in [5.74, 6) is 0.829. The van der Waals surface area contributed by atoms with Crippen LogP contribution in [0.2, 0.25) is 0 Å². The molecule has 1 aliphatic heterocycles. The number of fused-ring (bicyclic) bond motifs is 1. The second kappa shape index (κ2) is 8.11. The summed E-state index contributed by atoms with van der Waals surface area (Å²) in [6, 6.07) is 10.1. The van der Waals surface area contributed by atoms with Crippen molar-refractivity contribution in [2.24, 2.45) is 0 Å². The van der Waals surface area contributed by atoms with Gasteiger partial charge in [0.1, 0.15) is 17.5 Å². The molecular formula is C22H24FN5O. The number of likely N-dealkylation sites (tertiary alicyclic amines) is 1. The summed E-state index contributed by atoms with van der Waals surface area (Å²) >= 11 is 0. The van der Waals surface area contributed by atoms with Gasteiger partial charge >= 0.3 is 0 Å². The molecule has 1 fully saturated rings. The van der Waals surface area contributed by atoms with Gasteiger partial charge in [0, 0.05) is 13.0 Å². The minimum Gasteiger partial charge on any atom is -0.383 e. The largest absolute Gasteiger partial charge is 0.383 e. The molecule has 0 unspecified atom stereocenters. The maximum Gasteiger partial charge on any atom is 0.223 e. The molecule has 0 spiro atoms. The molecule has 7 heteroatoms. The highest BCUT2D eigenvalue weighted by Crippen LogP contribution is 2.32. The van der Waals surface area contributed by atoms with Gasteiger partial charge in [-0.2, -0.15) is 0 Å². The summed E-state index contributed by atoms with van der Waals surface area (Å²) in [6.07, 6.45) is 3.90. The van der Waals surface area contributed by atoms with E-state index >= 15 is 0 Å². The van der Waals surface area contributed by atoms with Crippen LogP contribution in [0.5, 0.6) is 0 Å². The van der Waals surface area contributed by atoms with Gasteiger partial charge in [0.05, 0.1) is 17.1 Å². The minimum absolute atomic E-state index is 0.0645. The lowest BCUT2D eigenvalue weighted by Gasteiger charge is -2.35. The molecule has 29 heavy (non-hydrogen) atoms. The van der Waals surface area contributed by atoms with Crippen molar-refractivity contribution >= 4 is 22.8 Å². The monoisotopic (exact) mass is 393 g/mol. The van der Waals surface area contributed by atoms with Crippen molar-refractivity contribution in [2.75, 3.05) is 12.3 Å². The number of carbonyl (C=O) groups is 1. The Hall–Kier alpha value is -3.09. The molecule has 2 aromatic heterocycles. The Morgan fingerprint density at radius 2 is 1.93 bits per heavy atom. The first kappa shape index (κ1) is 19.2. The molecule has 1 aliphatic rings. The third-order valence-electron chi connectivity index (χ3n) is 5.43. The average Bonchev–Trinajstić information content (AvgIpc) is 2.72. The van der Waals surface area contributed by atoms with Crippen LogP contribution in [0.4, 0.5) is 10.2 Å². The second-order valence-corrected chi connectivity index (χ2v) is 7.49. The van der Waals surface area contributed by atoms with Crippen LogP contribution in [0.25, 0.3) is 11.0 Å². The Bertz CT molecular complexity index is 1040. The van der Waals surface area contributed by atoms with E-state index < -0.39 is 0 Å². The lowest BCUT2D eigenvalue weighted by molar-refractivity contribution is -0.135. The fraction of sp³-hybridized carbons (Fsp3) is 0.364. The van der Waals surface area contributed by atoms with Gasteiger partial charge < -0.3 is 10.6 Å². The van der Waals surface area contributed by atoms with Gasteiger partial charge in [0.15, 0.2) is 5.65 Å². The number of nitrogen functional groups attached to an aromatic ring is 1. The van der Waals surface area contributed by atoms with Gasteiger partial charge in [-0.05, 0) is 62.4 Å². The molecule has 0 radical (unpaired) electrons. The van der Waals surface area contributed by atoms with Crippen LogP contribution in [0.3, 0.4) is 0 Å². The summed E-state index contributed by atoms with van der Waals surface area (Å²) in [5, 5.41) is 0.726. The third kappa shape index (κ3) is 4.18. The number of anilines is 1. The number of aryl methyl sites for hydroxylation is 2. The number of piperidine rings is 1. The Balaban J connectivity index is 1.54. The van der Waals surface area contributed by atoms with E-state index in [9.17, 15) is 9.18 Å². The van der Waals surface area contributed by atoms with Crippen molar-refractivity contribution in [1.29, 1.82) is 0 Å². The zero-order chi connectivity index (χ0) is 20.4. The van der Waals surface area contributed by atoms with Crippen molar-refractivity contribution in [3.63, 3.8) is 0 Å². The second-order valence-electron chi connectivity index (χ2n) is 7.49. The van der Waals surface area contributed by atoms with E-state index in [1.807, 2.05) is 17.0 Å². The molecule has 3 aromatic rings. The van der Waals surface area contributed by atoms with E-state index in [0.717, 1.165) is 42.5 Å². The molecule has 6 nitrogen and oxygen atoms in total. The number of hydrogen-bond acceptors (Lipinski definition) is 5. The van der Waals surface area contributed by atoms with Gasteiger partial charge in [0.25, 0.3) is 0 Å². The van der Waals surface area contributed by atoms with Crippen molar-refractivity contribution in [3.8, 4) is 0 Å². The van der Waals surface area contributed by atoms with Gasteiger partial charge in [-0.1, -0.05) is 12.1 Å². The van der Waals surface area contributed by atoms with Crippen LogP contribution >= 0.6 is 0 Å². The molecule has 0 aliphatic carbocycles. The highest BCUT2D eigenvalue weighted by molar-refractivity contribution is 5.85. The van der Waals surface area contributed by atoms with E-state index in [1.54, 1.807) is 19.1 Å². The number of benzene rings is 1. The first-order valence-corrected chi connectivity index (χ1v) is 9.96. The van der Waals surface area contributed by atoms with Crippen molar-refractivity contribution in [1.82, 2.24) is 19.9 Å². The molecule has 4 rings (SSSR count). The molecule has 1 saturated heterocycles. The number of halogens is 1. The summed E-state index contributed by atoms with van der Waals surface area (Å²) in [4.78, 5) is 28.2. The Kier molecular flexibility index (Phi) is 5.38. The molecule has 1 amide bonds.